The van der Waals surface area contributed by atoms with Crippen LogP contribution in [-0.2, 0) is 12.7 Å². The van der Waals surface area contributed by atoms with E-state index in [1.165, 1.54) is 12.1 Å². The predicted molar refractivity (Wildman–Crippen MR) is 68.0 cm³/mol. The summed E-state index contributed by atoms with van der Waals surface area (Å²) in [4.78, 5) is 0. The van der Waals surface area contributed by atoms with E-state index in [1.807, 2.05) is 6.92 Å². The number of hydrogen-bond acceptors (Lipinski definition) is 2. The van der Waals surface area contributed by atoms with Gasteiger partial charge < -0.3 is 5.11 Å². The van der Waals surface area contributed by atoms with Gasteiger partial charge in [0.25, 0.3) is 0 Å². The molecule has 0 spiro atoms. The van der Waals surface area contributed by atoms with Crippen LogP contribution in [0.25, 0.3) is 0 Å². The maximum atomic E-state index is 12.4. The second-order valence-electron chi connectivity index (χ2n) is 4.59. The summed E-state index contributed by atoms with van der Waals surface area (Å²) in [7, 11) is 0. The van der Waals surface area contributed by atoms with E-state index in [2.05, 4.69) is 5.10 Å². The predicted octanol–water partition coefficient (Wildman–Crippen LogP) is 3.39. The molecule has 108 valence electrons. The first-order chi connectivity index (χ1) is 9.40. The van der Waals surface area contributed by atoms with E-state index in [4.69, 9.17) is 0 Å². The van der Waals surface area contributed by atoms with E-state index in [0.29, 0.717) is 18.5 Å². The Kier molecular flexibility index (Phi) is 4.13. The summed E-state index contributed by atoms with van der Waals surface area (Å²) in [5.74, 6) is 0. The smallest absolute Gasteiger partial charge is 0.388 e. The Balaban J connectivity index is 2.08. The van der Waals surface area contributed by atoms with Crippen molar-refractivity contribution in [3.8, 4) is 0 Å². The van der Waals surface area contributed by atoms with Crippen LogP contribution < -0.4 is 0 Å². The Morgan fingerprint density at radius 1 is 1.25 bits per heavy atom. The van der Waals surface area contributed by atoms with Crippen LogP contribution in [-0.4, -0.2) is 14.9 Å². The van der Waals surface area contributed by atoms with Crippen molar-refractivity contribution >= 4 is 0 Å². The van der Waals surface area contributed by atoms with Crippen molar-refractivity contribution in [2.75, 3.05) is 0 Å². The molecule has 0 aliphatic rings. The van der Waals surface area contributed by atoms with Gasteiger partial charge in [-0.15, -0.1) is 0 Å². The zero-order valence-corrected chi connectivity index (χ0v) is 10.9. The fourth-order valence-corrected chi connectivity index (χ4v) is 1.86. The molecule has 0 fully saturated rings. The van der Waals surface area contributed by atoms with Gasteiger partial charge in [-0.05, 0) is 24.1 Å². The number of aliphatic hydroxyl groups is 1. The summed E-state index contributed by atoms with van der Waals surface area (Å²) in [6.07, 6.45) is -1.02. The number of nitrogens with zero attached hydrogens (tertiary/aromatic N) is 2. The third-order valence-electron chi connectivity index (χ3n) is 3.05. The highest BCUT2D eigenvalue weighted by atomic mass is 19.4. The lowest BCUT2D eigenvalue weighted by Crippen LogP contribution is -2.05. The maximum Gasteiger partial charge on any atom is 0.416 e. The van der Waals surface area contributed by atoms with E-state index in [1.54, 1.807) is 17.1 Å². The number of aliphatic hydroxyl groups excluding tert-OH is 1. The van der Waals surface area contributed by atoms with Crippen LogP contribution >= 0.6 is 0 Å². The number of halogens is 3. The molecular formula is C14H15F3N2O. The molecule has 20 heavy (non-hydrogen) atoms. The number of benzene rings is 1. The summed E-state index contributed by atoms with van der Waals surface area (Å²) in [5, 5.41) is 13.7. The quantitative estimate of drug-likeness (QED) is 0.934. The molecular weight excluding hydrogens is 269 g/mol. The third-order valence-corrected chi connectivity index (χ3v) is 3.05. The van der Waals surface area contributed by atoms with Crippen molar-refractivity contribution in [1.82, 2.24) is 9.78 Å². The molecule has 1 aromatic heterocycles. The van der Waals surface area contributed by atoms with Gasteiger partial charge in [0.1, 0.15) is 0 Å². The van der Waals surface area contributed by atoms with Gasteiger partial charge in [0.05, 0.1) is 24.4 Å². The Hall–Kier alpha value is -1.82. The molecule has 1 N–H and O–H groups in total. The van der Waals surface area contributed by atoms with Gasteiger partial charge >= 0.3 is 6.18 Å². The number of rotatable bonds is 4. The van der Waals surface area contributed by atoms with Gasteiger partial charge in [0, 0.05) is 11.8 Å². The molecule has 1 aromatic carbocycles. The van der Waals surface area contributed by atoms with Crippen LogP contribution in [0.3, 0.4) is 0 Å². The van der Waals surface area contributed by atoms with Crippen LogP contribution in [0, 0.1) is 0 Å². The molecule has 6 heteroatoms. The first-order valence-electron chi connectivity index (χ1n) is 6.26. The average Bonchev–Trinajstić information content (AvgIpc) is 2.86. The van der Waals surface area contributed by atoms with Crippen LogP contribution in [0.15, 0.2) is 36.7 Å². The van der Waals surface area contributed by atoms with Gasteiger partial charge in [-0.2, -0.15) is 18.3 Å². The molecule has 2 aromatic rings. The molecule has 0 aliphatic heterocycles. The Morgan fingerprint density at radius 2 is 1.90 bits per heavy atom. The first kappa shape index (κ1) is 14.6. The molecule has 1 atom stereocenters. The second kappa shape index (κ2) is 5.66. The van der Waals surface area contributed by atoms with Crippen molar-refractivity contribution in [1.29, 1.82) is 0 Å². The minimum absolute atomic E-state index is 0.370. The number of hydrogen-bond donors (Lipinski definition) is 1. The first-order valence-corrected chi connectivity index (χ1v) is 6.26. The van der Waals surface area contributed by atoms with Gasteiger partial charge in [-0.1, -0.05) is 19.1 Å². The van der Waals surface area contributed by atoms with Crippen LogP contribution in [0.2, 0.25) is 0 Å². The minimum atomic E-state index is -4.32. The summed E-state index contributed by atoms with van der Waals surface area (Å²) in [6.45, 7) is 2.23. The normalized spacial score (nSPS) is 13.4. The molecule has 0 saturated carbocycles. The Labute approximate surface area is 114 Å². The lowest BCUT2D eigenvalue weighted by atomic mass is 10.1. The molecule has 3 nitrogen and oxygen atoms in total. The van der Waals surface area contributed by atoms with Gasteiger partial charge in [-0.25, -0.2) is 0 Å². The molecule has 0 saturated heterocycles. The number of alkyl halides is 3. The molecule has 2 rings (SSSR count). The fourth-order valence-electron chi connectivity index (χ4n) is 1.86. The summed E-state index contributed by atoms with van der Waals surface area (Å²) >= 11 is 0. The lowest BCUT2D eigenvalue weighted by molar-refractivity contribution is -0.137. The summed E-state index contributed by atoms with van der Waals surface area (Å²) < 4.78 is 38.9. The topological polar surface area (TPSA) is 38.1 Å². The van der Waals surface area contributed by atoms with Crippen molar-refractivity contribution < 1.29 is 18.3 Å². The SMILES string of the molecule is CCC(O)c1cnn(Cc2ccc(C(F)(F)F)cc2)c1. The largest absolute Gasteiger partial charge is 0.416 e. The van der Waals surface area contributed by atoms with Gasteiger partial charge in [0.15, 0.2) is 0 Å². The van der Waals surface area contributed by atoms with Gasteiger partial charge in [0.2, 0.25) is 0 Å². The molecule has 0 bridgehead atoms. The highest BCUT2D eigenvalue weighted by Gasteiger charge is 2.29. The summed E-state index contributed by atoms with van der Waals surface area (Å²) in [5.41, 5.74) is 0.766. The van der Waals surface area contributed by atoms with E-state index in [0.717, 1.165) is 17.7 Å². The van der Waals surface area contributed by atoms with E-state index in [-0.39, 0.29) is 0 Å². The molecule has 1 heterocycles. The summed E-state index contributed by atoms with van der Waals surface area (Å²) in [6, 6.07) is 4.97. The standard InChI is InChI=1S/C14H15F3N2O/c1-2-13(20)11-7-18-19(9-11)8-10-3-5-12(6-4-10)14(15,16)17/h3-7,9,13,20H,2,8H2,1H3. The Bertz CT molecular complexity index is 561. The van der Waals surface area contributed by atoms with Crippen molar-refractivity contribution in [3.63, 3.8) is 0 Å². The monoisotopic (exact) mass is 284 g/mol. The fraction of sp³-hybridized carbons (Fsp3) is 0.357. The van der Waals surface area contributed by atoms with E-state index in [9.17, 15) is 18.3 Å². The molecule has 0 amide bonds. The zero-order chi connectivity index (χ0) is 14.8. The van der Waals surface area contributed by atoms with Crippen molar-refractivity contribution in [3.05, 3.63) is 53.3 Å². The van der Waals surface area contributed by atoms with E-state index < -0.39 is 17.8 Å². The average molecular weight is 284 g/mol. The van der Waals surface area contributed by atoms with Gasteiger partial charge in [-0.3, -0.25) is 4.68 Å². The minimum Gasteiger partial charge on any atom is -0.388 e. The maximum absolute atomic E-state index is 12.4. The third kappa shape index (κ3) is 3.39. The molecule has 0 radical (unpaired) electrons. The highest BCUT2D eigenvalue weighted by Crippen LogP contribution is 2.29. The van der Waals surface area contributed by atoms with Crippen molar-refractivity contribution in [2.45, 2.75) is 32.2 Å². The Morgan fingerprint density at radius 3 is 2.45 bits per heavy atom. The van der Waals surface area contributed by atoms with Crippen LogP contribution in [0.1, 0.15) is 36.1 Å². The molecule has 1 unspecified atom stereocenters. The van der Waals surface area contributed by atoms with E-state index >= 15 is 0 Å². The van der Waals surface area contributed by atoms with Crippen LogP contribution in [0.5, 0.6) is 0 Å². The molecule has 0 aliphatic carbocycles. The van der Waals surface area contributed by atoms with Crippen molar-refractivity contribution in [2.24, 2.45) is 0 Å². The second-order valence-corrected chi connectivity index (χ2v) is 4.59. The lowest BCUT2D eigenvalue weighted by Gasteiger charge is -2.08. The number of aromatic nitrogens is 2. The zero-order valence-electron chi connectivity index (χ0n) is 10.9. The van der Waals surface area contributed by atoms with Crippen LogP contribution in [0.4, 0.5) is 13.2 Å². The highest BCUT2D eigenvalue weighted by molar-refractivity contribution is 5.25.